The maximum absolute atomic E-state index is 12.0. The molecule has 2 aromatic carbocycles. The standard InChI is InChI=1S/C21H18N2O2S2/c1-2-27(24,25)16-10-8-15(9-11-16)17-12-23-21(22)19-18(13-26-20(17)19)14-6-4-3-5-7-14/h3-13H,2H2,1H3,(H2,22,23). The first-order chi connectivity index (χ1) is 13.0. The number of fused-ring (bicyclic) bond motifs is 1. The summed E-state index contributed by atoms with van der Waals surface area (Å²) in [6.45, 7) is 1.65. The van der Waals surface area contributed by atoms with E-state index in [9.17, 15) is 8.42 Å². The van der Waals surface area contributed by atoms with Crippen LogP contribution < -0.4 is 5.73 Å². The molecule has 0 radical (unpaired) electrons. The molecule has 136 valence electrons. The van der Waals surface area contributed by atoms with Gasteiger partial charge in [0.1, 0.15) is 5.82 Å². The lowest BCUT2D eigenvalue weighted by Gasteiger charge is -2.08. The van der Waals surface area contributed by atoms with E-state index in [-0.39, 0.29) is 5.75 Å². The van der Waals surface area contributed by atoms with Crippen LogP contribution in [0.1, 0.15) is 6.92 Å². The Bertz CT molecular complexity index is 1210. The lowest BCUT2D eigenvalue weighted by molar-refractivity contribution is 0.597. The Labute approximate surface area is 162 Å². The maximum atomic E-state index is 12.0. The number of sulfone groups is 1. The molecule has 2 aromatic heterocycles. The molecule has 0 aliphatic carbocycles. The molecule has 0 aliphatic heterocycles. The Morgan fingerprint density at radius 2 is 1.63 bits per heavy atom. The van der Waals surface area contributed by atoms with Gasteiger partial charge in [-0.2, -0.15) is 0 Å². The van der Waals surface area contributed by atoms with Crippen LogP contribution in [0.2, 0.25) is 0 Å². The highest BCUT2D eigenvalue weighted by Crippen LogP contribution is 2.41. The second-order valence-corrected chi connectivity index (χ2v) is 9.36. The number of thiophene rings is 1. The van der Waals surface area contributed by atoms with Gasteiger partial charge in [-0.3, -0.25) is 0 Å². The summed E-state index contributed by atoms with van der Waals surface area (Å²) in [7, 11) is -3.21. The number of hydrogen-bond acceptors (Lipinski definition) is 5. The van der Waals surface area contributed by atoms with Crippen LogP contribution in [0.25, 0.3) is 32.3 Å². The molecule has 0 saturated heterocycles. The SMILES string of the molecule is CCS(=O)(=O)c1ccc(-c2cnc(N)c3c(-c4ccccc4)csc23)cc1. The molecule has 4 rings (SSSR count). The number of nitrogens with zero attached hydrogens (tertiary/aromatic N) is 1. The van der Waals surface area contributed by atoms with E-state index in [0.29, 0.717) is 10.7 Å². The first-order valence-electron chi connectivity index (χ1n) is 8.55. The van der Waals surface area contributed by atoms with Crippen molar-refractivity contribution in [3.63, 3.8) is 0 Å². The van der Waals surface area contributed by atoms with E-state index in [2.05, 4.69) is 22.5 Å². The summed E-state index contributed by atoms with van der Waals surface area (Å²) in [4.78, 5) is 4.73. The second-order valence-electron chi connectivity index (χ2n) is 6.20. The van der Waals surface area contributed by atoms with Gasteiger partial charge in [-0.15, -0.1) is 11.3 Å². The normalized spacial score (nSPS) is 11.7. The van der Waals surface area contributed by atoms with Gasteiger partial charge in [0.05, 0.1) is 10.6 Å². The van der Waals surface area contributed by atoms with Crippen LogP contribution in [0.15, 0.2) is 71.1 Å². The van der Waals surface area contributed by atoms with E-state index in [1.807, 2.05) is 30.3 Å². The van der Waals surface area contributed by atoms with E-state index in [1.165, 1.54) is 0 Å². The quantitative estimate of drug-likeness (QED) is 0.528. The molecule has 0 spiro atoms. The van der Waals surface area contributed by atoms with Gasteiger partial charge in [-0.1, -0.05) is 49.4 Å². The number of nitrogens with two attached hydrogens (primary N) is 1. The molecule has 0 bridgehead atoms. The molecular weight excluding hydrogens is 376 g/mol. The molecule has 6 heteroatoms. The summed E-state index contributed by atoms with van der Waals surface area (Å²) in [5.41, 5.74) is 10.2. The van der Waals surface area contributed by atoms with Crippen LogP contribution >= 0.6 is 11.3 Å². The molecule has 0 unspecified atom stereocenters. The zero-order valence-corrected chi connectivity index (χ0v) is 16.3. The first kappa shape index (κ1) is 17.7. The minimum atomic E-state index is -3.21. The van der Waals surface area contributed by atoms with Crippen molar-refractivity contribution in [2.45, 2.75) is 11.8 Å². The van der Waals surface area contributed by atoms with Crippen molar-refractivity contribution in [3.8, 4) is 22.3 Å². The molecule has 27 heavy (non-hydrogen) atoms. The third-order valence-electron chi connectivity index (χ3n) is 4.61. The lowest BCUT2D eigenvalue weighted by Crippen LogP contribution is -2.03. The Hall–Kier alpha value is -2.70. The number of rotatable bonds is 4. The molecular formula is C21H18N2O2S2. The van der Waals surface area contributed by atoms with Gasteiger partial charge >= 0.3 is 0 Å². The fourth-order valence-corrected chi connectivity index (χ4v) is 5.12. The predicted octanol–water partition coefficient (Wildman–Crippen LogP) is 5.01. The summed E-state index contributed by atoms with van der Waals surface area (Å²) in [6.07, 6.45) is 1.76. The molecule has 4 nitrogen and oxygen atoms in total. The number of anilines is 1. The minimum absolute atomic E-state index is 0.0887. The highest BCUT2D eigenvalue weighted by atomic mass is 32.2. The molecule has 0 saturated carbocycles. The first-order valence-corrected chi connectivity index (χ1v) is 11.1. The van der Waals surface area contributed by atoms with E-state index in [0.717, 1.165) is 32.3 Å². The van der Waals surface area contributed by atoms with Crippen LogP contribution in [-0.2, 0) is 9.84 Å². The fourth-order valence-electron chi connectivity index (χ4n) is 3.11. The summed E-state index contributed by atoms with van der Waals surface area (Å²) in [5, 5.41) is 3.03. The van der Waals surface area contributed by atoms with Crippen molar-refractivity contribution >= 4 is 37.1 Å². The average molecular weight is 395 g/mol. The Morgan fingerprint density at radius 3 is 2.30 bits per heavy atom. The Morgan fingerprint density at radius 1 is 0.963 bits per heavy atom. The van der Waals surface area contributed by atoms with Crippen LogP contribution in [-0.4, -0.2) is 19.2 Å². The van der Waals surface area contributed by atoms with Crippen molar-refractivity contribution in [3.05, 3.63) is 66.2 Å². The van der Waals surface area contributed by atoms with Crippen molar-refractivity contribution < 1.29 is 8.42 Å². The average Bonchev–Trinajstić information content (AvgIpc) is 3.15. The number of aromatic nitrogens is 1. The molecule has 0 amide bonds. The smallest absolute Gasteiger partial charge is 0.178 e. The van der Waals surface area contributed by atoms with Gasteiger partial charge in [0.15, 0.2) is 9.84 Å². The molecule has 0 fully saturated rings. The summed E-state index contributed by atoms with van der Waals surface area (Å²) < 4.78 is 25.1. The molecule has 0 aliphatic rings. The summed E-state index contributed by atoms with van der Waals surface area (Å²) >= 11 is 1.62. The summed E-state index contributed by atoms with van der Waals surface area (Å²) in [5.74, 6) is 0.588. The molecule has 2 heterocycles. The number of nitrogen functional groups attached to an aromatic ring is 1. The van der Waals surface area contributed by atoms with Gasteiger partial charge in [-0.05, 0) is 28.6 Å². The van der Waals surface area contributed by atoms with Crippen molar-refractivity contribution in [2.24, 2.45) is 0 Å². The van der Waals surface area contributed by atoms with E-state index >= 15 is 0 Å². The van der Waals surface area contributed by atoms with Gasteiger partial charge in [0.25, 0.3) is 0 Å². The van der Waals surface area contributed by atoms with Crippen LogP contribution in [0.4, 0.5) is 5.82 Å². The van der Waals surface area contributed by atoms with Crippen molar-refractivity contribution in [2.75, 3.05) is 11.5 Å². The van der Waals surface area contributed by atoms with E-state index < -0.39 is 9.84 Å². The van der Waals surface area contributed by atoms with Crippen LogP contribution in [0, 0.1) is 0 Å². The molecule has 4 aromatic rings. The fraction of sp³-hybridized carbons (Fsp3) is 0.0952. The van der Waals surface area contributed by atoms with E-state index in [1.54, 1.807) is 36.6 Å². The highest BCUT2D eigenvalue weighted by Gasteiger charge is 2.16. The Balaban J connectivity index is 1.87. The third-order valence-corrected chi connectivity index (χ3v) is 7.38. The topological polar surface area (TPSA) is 73.0 Å². The summed E-state index contributed by atoms with van der Waals surface area (Å²) in [6, 6.07) is 17.1. The number of benzene rings is 2. The van der Waals surface area contributed by atoms with E-state index in [4.69, 9.17) is 5.73 Å². The predicted molar refractivity (Wildman–Crippen MR) is 113 cm³/mol. The Kier molecular flexibility index (Phi) is 4.45. The van der Waals surface area contributed by atoms with Crippen LogP contribution in [0.5, 0.6) is 0 Å². The molecule has 2 N–H and O–H groups in total. The largest absolute Gasteiger partial charge is 0.383 e. The van der Waals surface area contributed by atoms with Gasteiger partial charge in [-0.25, -0.2) is 13.4 Å². The van der Waals surface area contributed by atoms with Gasteiger partial charge < -0.3 is 5.73 Å². The second kappa shape index (κ2) is 6.79. The lowest BCUT2D eigenvalue weighted by atomic mass is 10.0. The zero-order chi connectivity index (χ0) is 19.0. The van der Waals surface area contributed by atoms with Crippen LogP contribution in [0.3, 0.4) is 0 Å². The maximum Gasteiger partial charge on any atom is 0.178 e. The molecule has 0 atom stereocenters. The monoisotopic (exact) mass is 394 g/mol. The van der Waals surface area contributed by atoms with Crippen molar-refractivity contribution in [1.29, 1.82) is 0 Å². The zero-order valence-electron chi connectivity index (χ0n) is 14.7. The number of hydrogen-bond donors (Lipinski definition) is 1. The van der Waals surface area contributed by atoms with Gasteiger partial charge in [0, 0.05) is 27.4 Å². The number of pyridine rings is 1. The van der Waals surface area contributed by atoms with Crippen molar-refractivity contribution in [1.82, 2.24) is 4.98 Å². The minimum Gasteiger partial charge on any atom is -0.383 e. The van der Waals surface area contributed by atoms with Gasteiger partial charge in [0.2, 0.25) is 0 Å². The highest BCUT2D eigenvalue weighted by molar-refractivity contribution is 7.91. The third kappa shape index (κ3) is 3.11.